The van der Waals surface area contributed by atoms with Crippen molar-refractivity contribution in [3.05, 3.63) is 0 Å². The van der Waals surface area contributed by atoms with Gasteiger partial charge in [-0.15, -0.1) is 0 Å². The summed E-state index contributed by atoms with van der Waals surface area (Å²) in [4.78, 5) is 3.97. The zero-order chi connectivity index (χ0) is 13.4. The summed E-state index contributed by atoms with van der Waals surface area (Å²) >= 11 is 0. The first-order valence-electron chi connectivity index (χ1n) is 6.07. The summed E-state index contributed by atoms with van der Waals surface area (Å²) in [5.74, 6) is 0. The van der Waals surface area contributed by atoms with Crippen LogP contribution < -0.4 is 4.86 Å². The molecule has 0 aliphatic carbocycles. The normalized spacial score (nSPS) is 16.7. The van der Waals surface area contributed by atoms with Crippen LogP contribution in [0.3, 0.4) is 0 Å². The molecule has 0 aliphatic rings. The number of rotatable bonds is 2. The van der Waals surface area contributed by atoms with Crippen LogP contribution >= 0.6 is 16.1 Å². The first-order valence-corrected chi connectivity index (χ1v) is 9.20. The van der Waals surface area contributed by atoms with Gasteiger partial charge in [-0.1, -0.05) is 62.3 Å². The van der Waals surface area contributed by atoms with Crippen molar-refractivity contribution in [1.82, 2.24) is 4.86 Å². The molecular formula is C13H31NP2. The van der Waals surface area contributed by atoms with E-state index in [0.717, 1.165) is 0 Å². The number of nitrogens with one attached hydrogen (secondary N) is 1. The molecule has 0 aliphatic heterocycles. The van der Waals surface area contributed by atoms with Gasteiger partial charge in [0.1, 0.15) is 0 Å². The number of hydrogen-bond acceptors (Lipinski definition) is 1. The van der Waals surface area contributed by atoms with Gasteiger partial charge in [0.2, 0.25) is 0 Å². The average molecular weight is 263 g/mol. The smallest absolute Gasteiger partial charge is 0.00417 e. The summed E-state index contributed by atoms with van der Waals surface area (Å²) in [6.07, 6.45) is 0. The molecule has 1 N–H and O–H groups in total. The summed E-state index contributed by atoms with van der Waals surface area (Å²) in [5.41, 5.74) is 0. The Kier molecular flexibility index (Phi) is 5.48. The Morgan fingerprint density at radius 3 is 1.12 bits per heavy atom. The Labute approximate surface area is 106 Å². The molecule has 0 saturated heterocycles. The van der Waals surface area contributed by atoms with Crippen molar-refractivity contribution < 1.29 is 0 Å². The van der Waals surface area contributed by atoms with E-state index in [2.05, 4.69) is 73.8 Å². The topological polar surface area (TPSA) is 12.0 Å². The molecule has 16 heavy (non-hydrogen) atoms. The maximum absolute atomic E-state index is 3.97. The maximum atomic E-state index is 3.97. The van der Waals surface area contributed by atoms with Gasteiger partial charge in [-0.05, 0) is 38.3 Å². The van der Waals surface area contributed by atoms with E-state index in [1.807, 2.05) is 0 Å². The summed E-state index contributed by atoms with van der Waals surface area (Å²) in [6, 6.07) is 0. The standard InChI is InChI=1S/C13H31NP2/c1-11(2,3)15(10)14-16(12(4,5)6)13(7,8)9/h14H,1-10H3. The minimum atomic E-state index is -0.168. The molecule has 3 heteroatoms. The molecule has 0 saturated carbocycles. The lowest BCUT2D eigenvalue weighted by Gasteiger charge is -2.45. The lowest BCUT2D eigenvalue weighted by atomic mass is 10.2. The third-order valence-corrected chi connectivity index (χ3v) is 9.29. The van der Waals surface area contributed by atoms with Crippen molar-refractivity contribution >= 4 is 16.1 Å². The van der Waals surface area contributed by atoms with E-state index < -0.39 is 0 Å². The Morgan fingerprint density at radius 1 is 0.625 bits per heavy atom. The molecule has 0 aromatic heterocycles. The highest BCUT2D eigenvalue weighted by Gasteiger charge is 2.37. The van der Waals surface area contributed by atoms with Crippen LogP contribution in [0, 0.1) is 0 Å². The Morgan fingerprint density at radius 2 is 0.938 bits per heavy atom. The van der Waals surface area contributed by atoms with Crippen LogP contribution in [-0.2, 0) is 0 Å². The van der Waals surface area contributed by atoms with E-state index >= 15 is 0 Å². The molecule has 0 amide bonds. The number of hydrogen-bond donors (Lipinski definition) is 1. The molecule has 0 radical (unpaired) electrons. The van der Waals surface area contributed by atoms with E-state index in [1.54, 1.807) is 0 Å². The first-order chi connectivity index (χ1) is 6.76. The van der Waals surface area contributed by atoms with Crippen molar-refractivity contribution in [2.24, 2.45) is 0 Å². The summed E-state index contributed by atoms with van der Waals surface area (Å²) < 4.78 is 0. The van der Waals surface area contributed by atoms with Gasteiger partial charge in [0.25, 0.3) is 0 Å². The third-order valence-electron chi connectivity index (χ3n) is 2.60. The minimum absolute atomic E-state index is 0.111. The highest BCUT2D eigenvalue weighted by atomic mass is 31.2. The first kappa shape index (κ1) is 16.8. The second-order valence-electron chi connectivity index (χ2n) is 7.51. The Bertz CT molecular complexity index is 204. The minimum Gasteiger partial charge on any atom is -0.272 e. The molecule has 0 fully saturated rings. The zero-order valence-corrected chi connectivity index (χ0v) is 14.7. The predicted molar refractivity (Wildman–Crippen MR) is 82.2 cm³/mol. The molecule has 0 rings (SSSR count). The molecule has 0 heterocycles. The summed E-state index contributed by atoms with van der Waals surface area (Å²) in [6.45, 7) is 23.6. The molecule has 0 spiro atoms. The predicted octanol–water partition coefficient (Wildman–Crippen LogP) is 5.40. The van der Waals surface area contributed by atoms with Crippen molar-refractivity contribution in [2.45, 2.75) is 77.8 Å². The van der Waals surface area contributed by atoms with Gasteiger partial charge in [-0.2, -0.15) is 0 Å². The van der Waals surface area contributed by atoms with E-state index in [1.165, 1.54) is 0 Å². The fraction of sp³-hybridized carbons (Fsp3) is 1.00. The maximum Gasteiger partial charge on any atom is -0.00417 e. The van der Waals surface area contributed by atoms with Crippen LogP contribution in [0.1, 0.15) is 62.3 Å². The average Bonchev–Trinajstić information content (AvgIpc) is 1.92. The van der Waals surface area contributed by atoms with Crippen LogP contribution in [0.25, 0.3) is 0 Å². The fourth-order valence-electron chi connectivity index (χ4n) is 1.61. The Balaban J connectivity index is 4.85. The van der Waals surface area contributed by atoms with E-state index in [0.29, 0.717) is 15.5 Å². The van der Waals surface area contributed by atoms with Crippen molar-refractivity contribution in [1.29, 1.82) is 0 Å². The molecule has 1 nitrogen and oxygen atoms in total. The van der Waals surface area contributed by atoms with Crippen LogP contribution in [0.15, 0.2) is 0 Å². The molecule has 0 bridgehead atoms. The van der Waals surface area contributed by atoms with Crippen LogP contribution in [0.4, 0.5) is 0 Å². The van der Waals surface area contributed by atoms with Gasteiger partial charge in [0.15, 0.2) is 0 Å². The van der Waals surface area contributed by atoms with Crippen molar-refractivity contribution in [3.8, 4) is 0 Å². The Hall–Kier alpha value is 0.820. The van der Waals surface area contributed by atoms with Crippen molar-refractivity contribution in [2.75, 3.05) is 6.66 Å². The third kappa shape index (κ3) is 5.44. The summed E-state index contributed by atoms with van der Waals surface area (Å²) in [5, 5.41) is 1.14. The lowest BCUT2D eigenvalue weighted by Crippen LogP contribution is -2.33. The highest BCUT2D eigenvalue weighted by Crippen LogP contribution is 2.62. The fourth-order valence-corrected chi connectivity index (χ4v) is 8.42. The van der Waals surface area contributed by atoms with Gasteiger partial charge in [-0.25, -0.2) is 0 Å². The molecule has 0 aromatic rings. The second-order valence-corrected chi connectivity index (χ2v) is 14.1. The molecule has 98 valence electrons. The monoisotopic (exact) mass is 263 g/mol. The lowest BCUT2D eigenvalue weighted by molar-refractivity contribution is 0.698. The van der Waals surface area contributed by atoms with Gasteiger partial charge in [0.05, 0.1) is 0 Å². The molecular weight excluding hydrogens is 232 g/mol. The van der Waals surface area contributed by atoms with E-state index in [4.69, 9.17) is 0 Å². The van der Waals surface area contributed by atoms with E-state index in [9.17, 15) is 0 Å². The summed E-state index contributed by atoms with van der Waals surface area (Å²) in [7, 11) is -0.278. The largest absolute Gasteiger partial charge is 0.272 e. The van der Waals surface area contributed by atoms with Gasteiger partial charge in [-0.3, -0.25) is 4.86 Å². The molecule has 1 atom stereocenters. The van der Waals surface area contributed by atoms with E-state index in [-0.39, 0.29) is 16.1 Å². The molecule has 1 unspecified atom stereocenters. The van der Waals surface area contributed by atoms with Crippen molar-refractivity contribution in [3.63, 3.8) is 0 Å². The zero-order valence-electron chi connectivity index (χ0n) is 12.9. The molecule has 0 aromatic carbocycles. The van der Waals surface area contributed by atoms with Gasteiger partial charge < -0.3 is 0 Å². The quantitative estimate of drug-likeness (QED) is 0.658. The van der Waals surface area contributed by atoms with Gasteiger partial charge in [0, 0.05) is 0 Å². The van der Waals surface area contributed by atoms with Crippen LogP contribution in [0.5, 0.6) is 0 Å². The van der Waals surface area contributed by atoms with Gasteiger partial charge >= 0.3 is 0 Å². The van der Waals surface area contributed by atoms with Crippen LogP contribution in [0.2, 0.25) is 0 Å². The highest BCUT2D eigenvalue weighted by molar-refractivity contribution is 7.72. The second kappa shape index (κ2) is 5.21. The SMILES string of the molecule is CP(NP(C(C)(C)C)C(C)(C)C)C(C)(C)C. The van der Waals surface area contributed by atoms with Crippen LogP contribution in [-0.4, -0.2) is 22.1 Å².